The highest BCUT2D eigenvalue weighted by atomic mass is 19.4. The number of primary amides is 1. The second kappa shape index (κ2) is 5.99. The zero-order chi connectivity index (χ0) is 17.5. The molecule has 3 rings (SSSR count). The summed E-state index contributed by atoms with van der Waals surface area (Å²) in [7, 11) is 0. The van der Waals surface area contributed by atoms with Crippen LogP contribution in [0.25, 0.3) is 0 Å². The number of rotatable bonds is 4. The monoisotopic (exact) mass is 342 g/mol. The first-order valence-corrected chi connectivity index (χ1v) is 7.72. The van der Waals surface area contributed by atoms with Crippen molar-refractivity contribution in [1.82, 2.24) is 4.90 Å². The van der Waals surface area contributed by atoms with E-state index in [1.165, 1.54) is 23.1 Å². The molecule has 1 heterocycles. The Morgan fingerprint density at radius 2 is 1.96 bits per heavy atom. The van der Waals surface area contributed by atoms with Crippen LogP contribution in [-0.4, -0.2) is 35.7 Å². The first kappa shape index (κ1) is 16.6. The molecule has 1 saturated heterocycles. The van der Waals surface area contributed by atoms with Crippen molar-refractivity contribution in [2.75, 3.05) is 6.54 Å². The van der Waals surface area contributed by atoms with E-state index in [1.807, 2.05) is 0 Å². The minimum absolute atomic E-state index is 0.219. The second-order valence-corrected chi connectivity index (χ2v) is 6.13. The van der Waals surface area contributed by atoms with Crippen LogP contribution in [0.5, 0.6) is 5.75 Å². The minimum atomic E-state index is -4.78. The Morgan fingerprint density at radius 3 is 2.62 bits per heavy atom. The van der Waals surface area contributed by atoms with Gasteiger partial charge in [-0.15, -0.1) is 13.2 Å². The van der Waals surface area contributed by atoms with Crippen molar-refractivity contribution < 1.29 is 27.5 Å². The van der Waals surface area contributed by atoms with Gasteiger partial charge in [0.25, 0.3) is 0 Å². The number of alkyl halides is 3. The van der Waals surface area contributed by atoms with Crippen molar-refractivity contribution in [2.45, 2.75) is 37.6 Å². The Kier molecular flexibility index (Phi) is 4.15. The van der Waals surface area contributed by atoms with Crippen LogP contribution in [-0.2, 0) is 9.59 Å². The molecule has 2 aliphatic rings. The lowest BCUT2D eigenvalue weighted by Crippen LogP contribution is -2.44. The average molecular weight is 342 g/mol. The number of hydrogen-bond acceptors (Lipinski definition) is 3. The van der Waals surface area contributed by atoms with Gasteiger partial charge in [0.05, 0.1) is 0 Å². The van der Waals surface area contributed by atoms with Gasteiger partial charge in [-0.1, -0.05) is 18.2 Å². The number of para-hydroxylation sites is 1. The number of likely N-dealkylation sites (tertiary alicyclic amines) is 1. The van der Waals surface area contributed by atoms with Crippen LogP contribution in [0.2, 0.25) is 0 Å². The molecular weight excluding hydrogens is 325 g/mol. The normalized spacial score (nSPS) is 26.3. The molecule has 24 heavy (non-hydrogen) atoms. The first-order valence-electron chi connectivity index (χ1n) is 7.72. The fourth-order valence-corrected chi connectivity index (χ4v) is 3.36. The maximum absolute atomic E-state index is 12.6. The van der Waals surface area contributed by atoms with Gasteiger partial charge in [0.2, 0.25) is 11.8 Å². The van der Waals surface area contributed by atoms with Gasteiger partial charge in [-0.3, -0.25) is 9.59 Å². The Bertz CT molecular complexity index is 662. The molecule has 0 aromatic heterocycles. The van der Waals surface area contributed by atoms with E-state index >= 15 is 0 Å². The van der Waals surface area contributed by atoms with Crippen LogP contribution in [0.15, 0.2) is 24.3 Å². The molecule has 0 spiro atoms. The van der Waals surface area contributed by atoms with E-state index in [0.29, 0.717) is 31.4 Å². The molecule has 3 atom stereocenters. The smallest absolute Gasteiger partial charge is 0.405 e. The third-order valence-electron chi connectivity index (χ3n) is 4.52. The van der Waals surface area contributed by atoms with Crippen molar-refractivity contribution in [2.24, 2.45) is 11.7 Å². The Labute approximate surface area is 136 Å². The number of carbonyl (C=O) groups is 2. The lowest BCUT2D eigenvalue weighted by Gasteiger charge is -2.22. The quantitative estimate of drug-likeness (QED) is 0.911. The number of nitrogens with zero attached hydrogens (tertiary/aromatic N) is 1. The van der Waals surface area contributed by atoms with Gasteiger partial charge in [-0.05, 0) is 36.8 Å². The zero-order valence-electron chi connectivity index (χ0n) is 12.8. The van der Waals surface area contributed by atoms with Crippen LogP contribution in [0.1, 0.15) is 30.7 Å². The molecule has 1 aliphatic heterocycles. The summed E-state index contributed by atoms with van der Waals surface area (Å²) < 4.78 is 41.5. The average Bonchev–Trinajstić information content (AvgIpc) is 3.12. The summed E-state index contributed by atoms with van der Waals surface area (Å²) in [6.07, 6.45) is -3.10. The fourth-order valence-electron chi connectivity index (χ4n) is 3.36. The van der Waals surface area contributed by atoms with Gasteiger partial charge in [0, 0.05) is 12.5 Å². The molecule has 130 valence electrons. The Hall–Kier alpha value is -2.25. The molecule has 1 aliphatic carbocycles. The predicted octanol–water partition coefficient (Wildman–Crippen LogP) is 2.17. The van der Waals surface area contributed by atoms with Crippen LogP contribution < -0.4 is 10.5 Å². The van der Waals surface area contributed by atoms with Gasteiger partial charge in [-0.2, -0.15) is 0 Å². The topological polar surface area (TPSA) is 72.6 Å². The first-order chi connectivity index (χ1) is 11.3. The van der Waals surface area contributed by atoms with Crippen molar-refractivity contribution in [3.63, 3.8) is 0 Å². The van der Waals surface area contributed by atoms with Crippen molar-refractivity contribution >= 4 is 11.8 Å². The molecule has 1 aromatic carbocycles. The fraction of sp³-hybridized carbons (Fsp3) is 0.500. The molecule has 2 amide bonds. The highest BCUT2D eigenvalue weighted by molar-refractivity contribution is 5.90. The molecule has 2 fully saturated rings. The summed E-state index contributed by atoms with van der Waals surface area (Å²) >= 11 is 0. The maximum Gasteiger partial charge on any atom is 0.573 e. The molecule has 2 N–H and O–H groups in total. The predicted molar refractivity (Wildman–Crippen MR) is 77.9 cm³/mol. The van der Waals surface area contributed by atoms with E-state index in [0.717, 1.165) is 0 Å². The number of benzene rings is 1. The highest BCUT2D eigenvalue weighted by Crippen LogP contribution is 2.52. The molecule has 0 bridgehead atoms. The summed E-state index contributed by atoms with van der Waals surface area (Å²) in [6.45, 7) is 0.455. The lowest BCUT2D eigenvalue weighted by atomic mass is 10.1. The van der Waals surface area contributed by atoms with Crippen LogP contribution in [0.3, 0.4) is 0 Å². The lowest BCUT2D eigenvalue weighted by molar-refractivity contribution is -0.274. The van der Waals surface area contributed by atoms with Gasteiger partial charge >= 0.3 is 6.36 Å². The van der Waals surface area contributed by atoms with Crippen LogP contribution in [0, 0.1) is 5.92 Å². The van der Waals surface area contributed by atoms with E-state index in [4.69, 9.17) is 5.73 Å². The number of nitrogens with two attached hydrogens (primary N) is 1. The number of carbonyl (C=O) groups excluding carboxylic acids is 2. The summed E-state index contributed by atoms with van der Waals surface area (Å²) in [5.41, 5.74) is 5.67. The molecule has 8 heteroatoms. The van der Waals surface area contributed by atoms with Crippen LogP contribution in [0.4, 0.5) is 13.2 Å². The number of ether oxygens (including phenoxy) is 1. The molecular formula is C16H17F3N2O3. The molecule has 0 unspecified atom stereocenters. The number of amides is 2. The second-order valence-electron chi connectivity index (χ2n) is 6.13. The van der Waals surface area contributed by atoms with Crippen LogP contribution >= 0.6 is 0 Å². The van der Waals surface area contributed by atoms with E-state index in [9.17, 15) is 22.8 Å². The highest BCUT2D eigenvalue weighted by Gasteiger charge is 2.49. The van der Waals surface area contributed by atoms with E-state index in [2.05, 4.69) is 4.74 Å². The Balaban J connectivity index is 1.74. The van der Waals surface area contributed by atoms with Crippen molar-refractivity contribution in [3.05, 3.63) is 29.8 Å². The van der Waals surface area contributed by atoms with E-state index < -0.39 is 24.2 Å². The molecule has 0 radical (unpaired) electrons. The number of hydrogen-bond donors (Lipinski definition) is 1. The Morgan fingerprint density at radius 1 is 1.25 bits per heavy atom. The van der Waals surface area contributed by atoms with E-state index in [-0.39, 0.29) is 17.6 Å². The van der Waals surface area contributed by atoms with Crippen molar-refractivity contribution in [3.8, 4) is 5.75 Å². The molecule has 1 saturated carbocycles. The molecule has 5 nitrogen and oxygen atoms in total. The minimum Gasteiger partial charge on any atom is -0.405 e. The SMILES string of the molecule is NC(=O)[C@H]1CCCN1C(=O)[C@@H]1C[C@@H]1c1ccccc1OC(F)(F)F. The summed E-state index contributed by atoms with van der Waals surface area (Å²) in [4.78, 5) is 25.4. The van der Waals surface area contributed by atoms with Gasteiger partial charge in [0.15, 0.2) is 0 Å². The third kappa shape index (κ3) is 3.32. The molecule has 1 aromatic rings. The van der Waals surface area contributed by atoms with Gasteiger partial charge in [-0.25, -0.2) is 0 Å². The largest absolute Gasteiger partial charge is 0.573 e. The van der Waals surface area contributed by atoms with Gasteiger partial charge in [0.1, 0.15) is 11.8 Å². The van der Waals surface area contributed by atoms with E-state index in [1.54, 1.807) is 6.07 Å². The summed E-state index contributed by atoms with van der Waals surface area (Å²) in [5.74, 6) is -1.80. The summed E-state index contributed by atoms with van der Waals surface area (Å²) in [5, 5.41) is 0. The number of halogens is 3. The summed E-state index contributed by atoms with van der Waals surface area (Å²) in [6, 6.07) is 5.23. The zero-order valence-corrected chi connectivity index (χ0v) is 12.8. The van der Waals surface area contributed by atoms with Crippen molar-refractivity contribution in [1.29, 1.82) is 0 Å². The van der Waals surface area contributed by atoms with Gasteiger partial charge < -0.3 is 15.4 Å². The maximum atomic E-state index is 12.6. The third-order valence-corrected chi connectivity index (χ3v) is 4.52. The standard InChI is InChI=1S/C16H17F3N2O3/c17-16(18,19)24-13-6-2-1-4-9(13)10-8-11(10)15(23)21-7-3-5-12(21)14(20)22/h1-2,4,6,10-12H,3,5,7-8H2,(H2,20,22)/t10-,11-,12-/m1/s1.